The molecule has 1 unspecified atom stereocenters. The van der Waals surface area contributed by atoms with Crippen molar-refractivity contribution in [2.45, 2.75) is 56.9 Å². The smallest absolute Gasteiger partial charge is 0.311 e. The van der Waals surface area contributed by atoms with Crippen LogP contribution in [-0.4, -0.2) is 36.0 Å². The normalized spacial score (nSPS) is 27.6. The van der Waals surface area contributed by atoms with Gasteiger partial charge in [0.25, 0.3) is 0 Å². The second-order valence-electron chi connectivity index (χ2n) is 7.56. The number of halogens is 7. The summed E-state index contributed by atoms with van der Waals surface area (Å²) in [6, 6.07) is 2.41. The van der Waals surface area contributed by atoms with Gasteiger partial charge in [0.15, 0.2) is 0 Å². The van der Waals surface area contributed by atoms with E-state index in [1.165, 1.54) is 6.07 Å². The molecule has 1 heterocycles. The average Bonchev–Trinajstić information content (AvgIpc) is 2.48. The summed E-state index contributed by atoms with van der Waals surface area (Å²) in [4.78, 5) is 2.02. The van der Waals surface area contributed by atoms with Crippen molar-refractivity contribution >= 4 is 12.4 Å². The minimum Gasteiger partial charge on any atom is -0.311 e. The van der Waals surface area contributed by atoms with Crippen LogP contribution in [0.2, 0.25) is 0 Å². The number of hydrogen-bond acceptors (Lipinski definition) is 2. The first-order chi connectivity index (χ1) is 12.0. The summed E-state index contributed by atoms with van der Waals surface area (Å²) < 4.78 is 79.5. The fraction of sp³-hybridized carbons (Fsp3) is 0.667. The molecule has 0 radical (unpaired) electrons. The van der Waals surface area contributed by atoms with Gasteiger partial charge in [0.05, 0.1) is 5.56 Å². The van der Waals surface area contributed by atoms with Crippen LogP contribution in [0, 0.1) is 11.7 Å². The Hall–Kier alpha value is -0.990. The highest BCUT2D eigenvalue weighted by Crippen LogP contribution is 2.51. The maximum absolute atomic E-state index is 14.1. The summed E-state index contributed by atoms with van der Waals surface area (Å²) in [6.45, 7) is 5.10. The topological polar surface area (TPSA) is 15.3 Å². The number of benzene rings is 1. The minimum atomic E-state index is -4.78. The number of nitrogens with zero attached hydrogens (tertiary/aromatic N) is 1. The lowest BCUT2D eigenvalue weighted by molar-refractivity contribution is -0.140. The third-order valence-electron chi connectivity index (χ3n) is 5.38. The van der Waals surface area contributed by atoms with Crippen LogP contribution in [0.5, 0.6) is 0 Å². The highest BCUT2D eigenvalue weighted by molar-refractivity contribution is 5.85. The van der Waals surface area contributed by atoms with Crippen LogP contribution in [0.4, 0.5) is 26.3 Å². The zero-order chi connectivity index (χ0) is 19.3. The number of hydrogen-bond donors (Lipinski definition) is 1. The van der Waals surface area contributed by atoms with Crippen molar-refractivity contribution < 1.29 is 26.3 Å². The molecule has 2 aliphatic rings. The van der Waals surface area contributed by atoms with E-state index in [2.05, 4.69) is 5.32 Å². The molecule has 154 valence electrons. The highest BCUT2D eigenvalue weighted by Gasteiger charge is 2.51. The molecule has 1 saturated carbocycles. The molecule has 3 rings (SSSR count). The van der Waals surface area contributed by atoms with Crippen LogP contribution in [-0.2, 0) is 6.18 Å². The maximum atomic E-state index is 14.1. The van der Waals surface area contributed by atoms with Crippen molar-refractivity contribution in [1.82, 2.24) is 10.2 Å². The van der Waals surface area contributed by atoms with Gasteiger partial charge in [0.2, 0.25) is 5.92 Å². The van der Waals surface area contributed by atoms with Gasteiger partial charge in [-0.05, 0) is 37.5 Å². The Labute approximate surface area is 160 Å². The van der Waals surface area contributed by atoms with Gasteiger partial charge in [-0.15, -0.1) is 12.4 Å². The third kappa shape index (κ3) is 4.71. The molecule has 1 N–H and O–H groups in total. The van der Waals surface area contributed by atoms with Crippen LogP contribution in [0.15, 0.2) is 18.2 Å². The Morgan fingerprint density at radius 2 is 1.81 bits per heavy atom. The molecule has 2 fully saturated rings. The second kappa shape index (κ2) is 7.79. The predicted octanol–water partition coefficient (Wildman–Crippen LogP) is 5.03. The number of rotatable bonds is 3. The Bertz CT molecular complexity index is 658. The molecule has 3 atom stereocenters. The molecule has 2 nitrogen and oxygen atoms in total. The third-order valence-corrected chi connectivity index (χ3v) is 5.38. The Morgan fingerprint density at radius 3 is 2.33 bits per heavy atom. The molecule has 1 saturated heterocycles. The summed E-state index contributed by atoms with van der Waals surface area (Å²) in [7, 11) is 0. The molecule has 1 aromatic carbocycles. The first-order valence-corrected chi connectivity index (χ1v) is 8.71. The average molecular weight is 417 g/mol. The van der Waals surface area contributed by atoms with E-state index in [9.17, 15) is 26.3 Å². The van der Waals surface area contributed by atoms with Gasteiger partial charge in [0.1, 0.15) is 5.82 Å². The maximum Gasteiger partial charge on any atom is 0.419 e. The largest absolute Gasteiger partial charge is 0.419 e. The van der Waals surface area contributed by atoms with Crippen molar-refractivity contribution in [1.29, 1.82) is 0 Å². The van der Waals surface area contributed by atoms with E-state index in [4.69, 9.17) is 0 Å². The summed E-state index contributed by atoms with van der Waals surface area (Å²) in [5, 5.41) is 3.29. The molecular weight excluding hydrogens is 394 g/mol. The fourth-order valence-electron chi connectivity index (χ4n) is 4.05. The summed E-state index contributed by atoms with van der Waals surface area (Å²) in [6.07, 6.45) is -5.44. The van der Waals surface area contributed by atoms with E-state index < -0.39 is 35.4 Å². The summed E-state index contributed by atoms with van der Waals surface area (Å²) >= 11 is 0. The predicted molar refractivity (Wildman–Crippen MR) is 92.7 cm³/mol. The highest BCUT2D eigenvalue weighted by atomic mass is 35.5. The second-order valence-corrected chi connectivity index (χ2v) is 7.56. The lowest BCUT2D eigenvalue weighted by Crippen LogP contribution is -2.58. The van der Waals surface area contributed by atoms with Gasteiger partial charge in [-0.1, -0.05) is 6.07 Å². The zero-order valence-corrected chi connectivity index (χ0v) is 15.8. The molecule has 1 aliphatic heterocycles. The van der Waals surface area contributed by atoms with Crippen LogP contribution in [0.3, 0.4) is 0 Å². The van der Waals surface area contributed by atoms with Crippen LogP contribution in [0.25, 0.3) is 0 Å². The molecule has 1 aromatic rings. The van der Waals surface area contributed by atoms with Crippen molar-refractivity contribution in [3.63, 3.8) is 0 Å². The molecular formula is C18H23ClF6N2. The van der Waals surface area contributed by atoms with Gasteiger partial charge in [-0.3, -0.25) is 4.90 Å². The van der Waals surface area contributed by atoms with Gasteiger partial charge < -0.3 is 5.32 Å². The summed E-state index contributed by atoms with van der Waals surface area (Å²) in [5.74, 6) is -4.52. The monoisotopic (exact) mass is 416 g/mol. The van der Waals surface area contributed by atoms with E-state index in [1.807, 2.05) is 18.7 Å². The van der Waals surface area contributed by atoms with E-state index in [0.717, 1.165) is 6.07 Å². The molecule has 27 heavy (non-hydrogen) atoms. The number of nitrogens with one attached hydrogen (secondary N) is 1. The Kier molecular flexibility index (Phi) is 6.44. The number of piperazine rings is 1. The van der Waals surface area contributed by atoms with Gasteiger partial charge in [-0.25, -0.2) is 13.2 Å². The van der Waals surface area contributed by atoms with E-state index >= 15 is 0 Å². The quantitative estimate of drug-likeness (QED) is 0.695. The van der Waals surface area contributed by atoms with E-state index in [1.54, 1.807) is 0 Å². The molecule has 0 spiro atoms. The SMILES string of the molecule is C[C@@H]1CN[C@@H](C)CN1C(c1ccc(C(F)(F)F)c(F)c1)C1CC(F)(F)C1.Cl. The molecule has 0 aromatic heterocycles. The zero-order valence-electron chi connectivity index (χ0n) is 15.0. The van der Waals surface area contributed by atoms with Crippen LogP contribution < -0.4 is 5.32 Å². The van der Waals surface area contributed by atoms with Gasteiger partial charge in [-0.2, -0.15) is 13.2 Å². The molecule has 0 bridgehead atoms. The molecule has 1 aliphatic carbocycles. The fourth-order valence-corrected chi connectivity index (χ4v) is 4.05. The lowest BCUT2D eigenvalue weighted by Gasteiger charge is -2.49. The van der Waals surface area contributed by atoms with Crippen molar-refractivity contribution in [3.8, 4) is 0 Å². The van der Waals surface area contributed by atoms with Gasteiger partial charge in [0, 0.05) is 44.1 Å². The Balaban J connectivity index is 0.00000261. The number of alkyl halides is 5. The molecule has 9 heteroatoms. The van der Waals surface area contributed by atoms with Crippen molar-refractivity contribution in [3.05, 3.63) is 35.1 Å². The van der Waals surface area contributed by atoms with Crippen LogP contribution in [0.1, 0.15) is 43.9 Å². The molecule has 0 amide bonds. The van der Waals surface area contributed by atoms with Crippen molar-refractivity contribution in [2.24, 2.45) is 5.92 Å². The lowest BCUT2D eigenvalue weighted by atomic mass is 9.73. The Morgan fingerprint density at radius 1 is 1.19 bits per heavy atom. The van der Waals surface area contributed by atoms with Crippen molar-refractivity contribution in [2.75, 3.05) is 13.1 Å². The minimum absolute atomic E-state index is 0. The standard InChI is InChI=1S/C18H22F6N2.ClH/c1-10-9-26(11(2)8-25-10)16(13-6-17(20,21)7-13)12-3-4-14(15(19)5-12)18(22,23)24;/h3-5,10-11,13,16,25H,6-9H2,1-2H3;1H/t10-,11+,16?;/m0./s1. The first-order valence-electron chi connectivity index (χ1n) is 8.71. The van der Waals surface area contributed by atoms with E-state index in [-0.39, 0.29) is 37.3 Å². The van der Waals surface area contributed by atoms with E-state index in [0.29, 0.717) is 24.7 Å². The first kappa shape index (κ1) is 22.3. The van der Waals surface area contributed by atoms with Gasteiger partial charge >= 0.3 is 6.18 Å². The summed E-state index contributed by atoms with van der Waals surface area (Å²) in [5.41, 5.74) is -1.00. The van der Waals surface area contributed by atoms with Crippen LogP contribution >= 0.6 is 12.4 Å².